The number of carbonyl (C=O) groups is 1. The van der Waals surface area contributed by atoms with Gasteiger partial charge < -0.3 is 0 Å². The Bertz CT molecular complexity index is 349. The average molecular weight is 270 g/mol. The molecule has 1 radical (unpaired) electrons. The summed E-state index contributed by atoms with van der Waals surface area (Å²) in [5, 5.41) is 0.896. The quantitative estimate of drug-likeness (QED) is 0.595. The van der Waals surface area contributed by atoms with Crippen LogP contribution in [0.15, 0.2) is 18.2 Å². The van der Waals surface area contributed by atoms with Crippen molar-refractivity contribution >= 4 is 56.2 Å². The second-order valence-electron chi connectivity index (χ2n) is 3.70. The van der Waals surface area contributed by atoms with Gasteiger partial charge >= 0.3 is 0 Å². The summed E-state index contributed by atoms with van der Waals surface area (Å²) in [4.78, 5) is 11.8. The Morgan fingerprint density at radius 3 is 2.25 bits per heavy atom. The van der Waals surface area contributed by atoms with E-state index >= 15 is 0 Å². The summed E-state index contributed by atoms with van der Waals surface area (Å²) < 4.78 is 0. The third-order valence-corrected chi connectivity index (χ3v) is 4.08. The second-order valence-corrected chi connectivity index (χ2v) is 5.73. The van der Waals surface area contributed by atoms with Crippen molar-refractivity contribution in [3.63, 3.8) is 0 Å². The van der Waals surface area contributed by atoms with E-state index in [2.05, 4.69) is 13.8 Å². The number of halogens is 2. The van der Waals surface area contributed by atoms with Crippen LogP contribution >= 0.6 is 31.8 Å². The molecule has 0 bridgehead atoms. The van der Waals surface area contributed by atoms with Crippen LogP contribution in [0.1, 0.15) is 24.2 Å². The van der Waals surface area contributed by atoms with Gasteiger partial charge in [0.15, 0.2) is 5.52 Å². The Morgan fingerprint density at radius 1 is 1.31 bits per heavy atom. The van der Waals surface area contributed by atoms with E-state index in [1.165, 1.54) is 0 Å². The van der Waals surface area contributed by atoms with Crippen LogP contribution in [0.5, 0.6) is 0 Å². The molecule has 0 heterocycles. The Labute approximate surface area is 120 Å². The number of carbonyl (C=O) groups excluding carboxylic acids is 1. The third kappa shape index (κ3) is 4.78. The number of rotatable bonds is 4. The third-order valence-electron chi connectivity index (χ3n) is 1.86. The maximum atomic E-state index is 11.8. The van der Waals surface area contributed by atoms with Crippen LogP contribution in [-0.2, 0) is 0 Å². The molecule has 1 atom stereocenters. The van der Waals surface area contributed by atoms with E-state index in [0.717, 1.165) is 6.16 Å². The smallest absolute Gasteiger partial charge is 0.184 e. The predicted molar refractivity (Wildman–Crippen MR) is 74.6 cm³/mol. The van der Waals surface area contributed by atoms with Gasteiger partial charge in [0.2, 0.25) is 0 Å². The predicted octanol–water partition coefficient (Wildman–Crippen LogP) is 4.09. The van der Waals surface area contributed by atoms with Gasteiger partial charge in [-0.2, -0.15) is 0 Å². The maximum Gasteiger partial charge on any atom is 0.184 e. The molecule has 0 saturated carbocycles. The van der Waals surface area contributed by atoms with Crippen LogP contribution in [0, 0.1) is 5.92 Å². The molecule has 0 aliphatic carbocycles. The molecule has 0 aliphatic rings. The van der Waals surface area contributed by atoms with Gasteiger partial charge in [-0.3, -0.25) is 4.79 Å². The van der Waals surface area contributed by atoms with Crippen LogP contribution < -0.4 is 0 Å². The summed E-state index contributed by atoms with van der Waals surface area (Å²) in [7, 11) is 0.249. The summed E-state index contributed by atoms with van der Waals surface area (Å²) in [5.74, 6) is 0.522. The van der Waals surface area contributed by atoms with Crippen molar-refractivity contribution in [1.29, 1.82) is 0 Å². The molecule has 1 rings (SSSR count). The standard InChI is InChI=1S/C11H13Cl2OP.Li/c1-7(2)6-15-11(14)10-8(12)4-3-5-9(10)13;/h3-5,7,15H,6H2,1-2H3;. The van der Waals surface area contributed by atoms with Gasteiger partial charge in [-0.15, -0.1) is 0 Å². The van der Waals surface area contributed by atoms with Crippen LogP contribution in [0.3, 0.4) is 0 Å². The number of hydrogen-bond donors (Lipinski definition) is 0. The minimum atomic E-state index is 0. The largest absolute Gasteiger partial charge is 0.289 e. The SMILES string of the molecule is CC(C)CPC(=O)c1c(Cl)cccc1Cl.[Li]. The molecule has 0 aliphatic heterocycles. The summed E-state index contributed by atoms with van der Waals surface area (Å²) in [6.45, 7) is 4.18. The van der Waals surface area contributed by atoms with Gasteiger partial charge in [0.25, 0.3) is 0 Å². The number of hydrogen-bond acceptors (Lipinski definition) is 1. The Kier molecular flexibility index (Phi) is 7.99. The van der Waals surface area contributed by atoms with Crippen molar-refractivity contribution in [2.24, 2.45) is 5.92 Å². The van der Waals surface area contributed by atoms with Gasteiger partial charge in [-0.1, -0.05) is 43.1 Å². The molecule has 1 nitrogen and oxygen atoms in total. The zero-order chi connectivity index (χ0) is 11.4. The fraction of sp³-hybridized carbons (Fsp3) is 0.364. The molecule has 0 aromatic heterocycles. The molecular weight excluding hydrogens is 257 g/mol. The first kappa shape index (κ1) is 16.5. The Morgan fingerprint density at radius 2 is 1.81 bits per heavy atom. The van der Waals surface area contributed by atoms with Gasteiger partial charge in [0.1, 0.15) is 0 Å². The number of benzene rings is 1. The van der Waals surface area contributed by atoms with Crippen LogP contribution in [0.2, 0.25) is 10.0 Å². The molecule has 0 amide bonds. The van der Waals surface area contributed by atoms with Crippen LogP contribution in [-0.4, -0.2) is 30.5 Å². The maximum absolute atomic E-state index is 11.8. The van der Waals surface area contributed by atoms with Crippen LogP contribution in [0.25, 0.3) is 0 Å². The van der Waals surface area contributed by atoms with Crippen molar-refractivity contribution in [1.82, 2.24) is 0 Å². The van der Waals surface area contributed by atoms with Crippen molar-refractivity contribution in [3.8, 4) is 0 Å². The summed E-state index contributed by atoms with van der Waals surface area (Å²) >= 11 is 11.9. The molecule has 1 unspecified atom stereocenters. The first-order chi connectivity index (χ1) is 7.02. The fourth-order valence-corrected chi connectivity index (χ4v) is 2.87. The topological polar surface area (TPSA) is 17.1 Å². The Balaban J connectivity index is 0.00000225. The van der Waals surface area contributed by atoms with Gasteiger partial charge in [0.05, 0.1) is 15.6 Å². The van der Waals surface area contributed by atoms with E-state index in [-0.39, 0.29) is 33.0 Å². The summed E-state index contributed by atoms with van der Waals surface area (Å²) in [5.41, 5.74) is 0.527. The van der Waals surface area contributed by atoms with E-state index in [0.29, 0.717) is 21.5 Å². The molecule has 1 aromatic carbocycles. The van der Waals surface area contributed by atoms with Crippen molar-refractivity contribution in [2.45, 2.75) is 13.8 Å². The van der Waals surface area contributed by atoms with Gasteiger partial charge in [-0.05, 0) is 32.8 Å². The molecule has 0 saturated heterocycles. The van der Waals surface area contributed by atoms with E-state index in [1.807, 2.05) is 0 Å². The molecule has 16 heavy (non-hydrogen) atoms. The van der Waals surface area contributed by atoms with E-state index < -0.39 is 0 Å². The minimum Gasteiger partial charge on any atom is -0.289 e. The first-order valence-electron chi connectivity index (χ1n) is 4.74. The zero-order valence-electron chi connectivity index (χ0n) is 9.68. The minimum absolute atomic E-state index is 0. The van der Waals surface area contributed by atoms with Crippen molar-refractivity contribution in [2.75, 3.05) is 6.16 Å². The van der Waals surface area contributed by atoms with E-state index in [9.17, 15) is 4.79 Å². The molecule has 0 fully saturated rings. The molecule has 1 aromatic rings. The molecule has 83 valence electrons. The first-order valence-corrected chi connectivity index (χ1v) is 6.71. The van der Waals surface area contributed by atoms with Crippen molar-refractivity contribution in [3.05, 3.63) is 33.8 Å². The summed E-state index contributed by atoms with van der Waals surface area (Å²) in [6.07, 6.45) is 0.889. The molecule has 0 spiro atoms. The molecule has 5 heteroatoms. The normalized spacial score (nSPS) is 10.8. The van der Waals surface area contributed by atoms with E-state index in [4.69, 9.17) is 23.2 Å². The zero-order valence-corrected chi connectivity index (χ0v) is 12.2. The fourth-order valence-electron chi connectivity index (χ4n) is 1.10. The van der Waals surface area contributed by atoms with Crippen molar-refractivity contribution < 1.29 is 4.79 Å². The Hall–Kier alpha value is 0.497. The van der Waals surface area contributed by atoms with E-state index in [1.54, 1.807) is 18.2 Å². The summed E-state index contributed by atoms with van der Waals surface area (Å²) in [6, 6.07) is 5.13. The average Bonchev–Trinajstić information content (AvgIpc) is 2.14. The van der Waals surface area contributed by atoms with Gasteiger partial charge in [-0.25, -0.2) is 0 Å². The molecule has 0 N–H and O–H groups in total. The van der Waals surface area contributed by atoms with Gasteiger partial charge in [0, 0.05) is 18.9 Å². The molecular formula is C11H13Cl2LiOP. The monoisotopic (exact) mass is 269 g/mol. The van der Waals surface area contributed by atoms with Crippen LogP contribution in [0.4, 0.5) is 0 Å². The second kappa shape index (κ2) is 7.75.